The van der Waals surface area contributed by atoms with E-state index in [4.69, 9.17) is 4.42 Å². The Morgan fingerprint density at radius 1 is 1.16 bits per heavy atom. The van der Waals surface area contributed by atoms with Gasteiger partial charge in [-0.05, 0) is 30.2 Å². The van der Waals surface area contributed by atoms with Gasteiger partial charge >= 0.3 is 0 Å². The number of benzene rings is 1. The molecular formula is C19H16N2O3S. The van der Waals surface area contributed by atoms with Crippen LogP contribution in [0.2, 0.25) is 0 Å². The number of rotatable bonds is 3. The molecule has 126 valence electrons. The van der Waals surface area contributed by atoms with E-state index in [1.54, 1.807) is 35.1 Å². The van der Waals surface area contributed by atoms with E-state index in [0.29, 0.717) is 28.3 Å². The summed E-state index contributed by atoms with van der Waals surface area (Å²) in [6.07, 6.45) is 1.55. The van der Waals surface area contributed by atoms with Gasteiger partial charge in [-0.2, -0.15) is 0 Å². The standard InChI is InChI=1S/C19H16N2O3S/c1-11(2)10-21-17(13-7-5-9-24-13)20-18-15(19(21)23)16(22)12-6-3-4-8-14(12)25-18/h3-9,11H,10H2,1-2H3. The van der Waals surface area contributed by atoms with Crippen LogP contribution in [0.1, 0.15) is 13.8 Å². The average molecular weight is 352 g/mol. The molecule has 0 atom stereocenters. The summed E-state index contributed by atoms with van der Waals surface area (Å²) < 4.78 is 7.84. The van der Waals surface area contributed by atoms with Gasteiger partial charge in [0.1, 0.15) is 10.2 Å². The lowest BCUT2D eigenvalue weighted by molar-refractivity contribution is 0.500. The van der Waals surface area contributed by atoms with Gasteiger partial charge < -0.3 is 4.42 Å². The highest BCUT2D eigenvalue weighted by atomic mass is 32.1. The molecule has 0 spiro atoms. The van der Waals surface area contributed by atoms with Crippen molar-refractivity contribution in [3.63, 3.8) is 0 Å². The van der Waals surface area contributed by atoms with Crippen LogP contribution in [0.3, 0.4) is 0 Å². The van der Waals surface area contributed by atoms with E-state index in [1.807, 2.05) is 26.0 Å². The Morgan fingerprint density at radius 3 is 2.68 bits per heavy atom. The first-order valence-electron chi connectivity index (χ1n) is 8.06. The molecule has 4 rings (SSSR count). The molecule has 0 bridgehead atoms. The molecule has 0 aliphatic rings. The second-order valence-corrected chi connectivity index (χ2v) is 7.36. The Balaban J connectivity index is 2.17. The van der Waals surface area contributed by atoms with Gasteiger partial charge in [-0.25, -0.2) is 4.98 Å². The molecule has 3 heterocycles. The van der Waals surface area contributed by atoms with Crippen LogP contribution in [0.15, 0.2) is 56.7 Å². The predicted molar refractivity (Wildman–Crippen MR) is 100 cm³/mol. The van der Waals surface area contributed by atoms with Crippen molar-refractivity contribution < 1.29 is 4.42 Å². The number of nitrogens with zero attached hydrogens (tertiary/aromatic N) is 2. The zero-order valence-corrected chi connectivity index (χ0v) is 14.7. The van der Waals surface area contributed by atoms with Crippen LogP contribution in [0, 0.1) is 5.92 Å². The minimum Gasteiger partial charge on any atom is -0.461 e. The summed E-state index contributed by atoms with van der Waals surface area (Å²) in [6.45, 7) is 4.50. The summed E-state index contributed by atoms with van der Waals surface area (Å²) in [5.41, 5.74) is -0.567. The Morgan fingerprint density at radius 2 is 1.96 bits per heavy atom. The summed E-state index contributed by atoms with van der Waals surface area (Å²) in [5.74, 6) is 1.21. The molecule has 3 aromatic heterocycles. The van der Waals surface area contributed by atoms with Crippen LogP contribution in [-0.4, -0.2) is 9.55 Å². The molecule has 6 heteroatoms. The van der Waals surface area contributed by atoms with Gasteiger partial charge in [-0.3, -0.25) is 14.2 Å². The lowest BCUT2D eigenvalue weighted by Gasteiger charge is -2.13. The first-order chi connectivity index (χ1) is 12.1. The van der Waals surface area contributed by atoms with E-state index in [0.717, 1.165) is 4.70 Å². The minimum absolute atomic E-state index is 0.152. The Hall–Kier alpha value is -2.73. The van der Waals surface area contributed by atoms with Crippen LogP contribution >= 0.6 is 11.3 Å². The molecular weight excluding hydrogens is 336 g/mol. The van der Waals surface area contributed by atoms with E-state index in [9.17, 15) is 9.59 Å². The second kappa shape index (κ2) is 5.97. The third-order valence-corrected chi connectivity index (χ3v) is 5.06. The maximum Gasteiger partial charge on any atom is 0.266 e. The van der Waals surface area contributed by atoms with E-state index >= 15 is 0 Å². The highest BCUT2D eigenvalue weighted by molar-refractivity contribution is 7.24. The number of hydrogen-bond donors (Lipinski definition) is 0. The van der Waals surface area contributed by atoms with Gasteiger partial charge in [0.15, 0.2) is 11.6 Å². The summed E-state index contributed by atoms with van der Waals surface area (Å²) >= 11 is 1.35. The van der Waals surface area contributed by atoms with Crippen molar-refractivity contribution in [2.24, 2.45) is 5.92 Å². The summed E-state index contributed by atoms with van der Waals surface area (Å²) in [5, 5.41) is 0.709. The smallest absolute Gasteiger partial charge is 0.266 e. The van der Waals surface area contributed by atoms with Gasteiger partial charge in [0.05, 0.1) is 6.26 Å². The van der Waals surface area contributed by atoms with Gasteiger partial charge in [0, 0.05) is 16.6 Å². The Kier molecular flexibility index (Phi) is 3.77. The van der Waals surface area contributed by atoms with E-state index < -0.39 is 0 Å². The zero-order valence-electron chi connectivity index (χ0n) is 13.9. The Labute approximate surface area is 147 Å². The van der Waals surface area contributed by atoms with Crippen molar-refractivity contribution >= 4 is 31.6 Å². The fourth-order valence-electron chi connectivity index (χ4n) is 2.91. The number of aromatic nitrogens is 2. The van der Waals surface area contributed by atoms with Crippen molar-refractivity contribution in [3.8, 4) is 11.6 Å². The topological polar surface area (TPSA) is 65.1 Å². The SMILES string of the molecule is CC(C)Cn1c(-c2ccco2)nc2sc3ccccc3c(=O)c2c1=O. The lowest BCUT2D eigenvalue weighted by Crippen LogP contribution is -2.28. The predicted octanol–water partition coefficient (Wildman–Crippen LogP) is 3.89. The maximum atomic E-state index is 13.1. The first kappa shape index (κ1) is 15.8. The van der Waals surface area contributed by atoms with Crippen LogP contribution in [0.5, 0.6) is 0 Å². The normalized spacial score (nSPS) is 11.6. The molecule has 0 saturated heterocycles. The third-order valence-electron chi connectivity index (χ3n) is 3.99. The minimum atomic E-state index is -0.308. The van der Waals surface area contributed by atoms with Crippen LogP contribution in [0.25, 0.3) is 31.9 Å². The van der Waals surface area contributed by atoms with Gasteiger partial charge in [0.2, 0.25) is 5.43 Å². The fraction of sp³-hybridized carbons (Fsp3) is 0.211. The van der Waals surface area contributed by atoms with Crippen molar-refractivity contribution in [1.82, 2.24) is 9.55 Å². The molecule has 25 heavy (non-hydrogen) atoms. The van der Waals surface area contributed by atoms with E-state index in [1.165, 1.54) is 11.3 Å². The maximum absolute atomic E-state index is 13.1. The fourth-order valence-corrected chi connectivity index (χ4v) is 3.95. The average Bonchev–Trinajstić information content (AvgIpc) is 3.11. The molecule has 5 nitrogen and oxygen atoms in total. The zero-order chi connectivity index (χ0) is 17.6. The molecule has 0 aliphatic heterocycles. The molecule has 0 unspecified atom stereocenters. The van der Waals surface area contributed by atoms with Crippen molar-refractivity contribution in [1.29, 1.82) is 0 Å². The summed E-state index contributed by atoms with van der Waals surface area (Å²) in [7, 11) is 0. The monoisotopic (exact) mass is 352 g/mol. The molecule has 0 radical (unpaired) electrons. The van der Waals surface area contributed by atoms with Gasteiger partial charge in [0.25, 0.3) is 5.56 Å². The summed E-state index contributed by atoms with van der Waals surface area (Å²) in [4.78, 5) is 31.1. The first-order valence-corrected chi connectivity index (χ1v) is 8.88. The van der Waals surface area contributed by atoms with Crippen molar-refractivity contribution in [2.45, 2.75) is 20.4 Å². The largest absolute Gasteiger partial charge is 0.461 e. The second-order valence-electron chi connectivity index (χ2n) is 6.33. The van der Waals surface area contributed by atoms with Crippen LogP contribution in [0.4, 0.5) is 0 Å². The van der Waals surface area contributed by atoms with Gasteiger partial charge in [-0.15, -0.1) is 11.3 Å². The molecule has 0 aliphatic carbocycles. The highest BCUT2D eigenvalue weighted by Crippen LogP contribution is 2.25. The van der Waals surface area contributed by atoms with Crippen LogP contribution in [-0.2, 0) is 6.54 Å². The van der Waals surface area contributed by atoms with Crippen LogP contribution < -0.4 is 11.0 Å². The number of hydrogen-bond acceptors (Lipinski definition) is 5. The van der Waals surface area contributed by atoms with E-state index in [-0.39, 0.29) is 22.3 Å². The molecule has 0 N–H and O–H groups in total. The van der Waals surface area contributed by atoms with Crippen molar-refractivity contribution in [3.05, 3.63) is 63.2 Å². The quantitative estimate of drug-likeness (QED) is 0.525. The number of fused-ring (bicyclic) bond motifs is 2. The van der Waals surface area contributed by atoms with E-state index in [2.05, 4.69) is 4.98 Å². The summed E-state index contributed by atoms with van der Waals surface area (Å²) in [6, 6.07) is 10.8. The van der Waals surface area contributed by atoms with Gasteiger partial charge in [-0.1, -0.05) is 26.0 Å². The molecule has 0 fully saturated rings. The third kappa shape index (κ3) is 2.59. The lowest BCUT2D eigenvalue weighted by atomic mass is 10.2. The highest BCUT2D eigenvalue weighted by Gasteiger charge is 2.19. The number of furan rings is 1. The van der Waals surface area contributed by atoms with Crippen molar-refractivity contribution in [2.75, 3.05) is 0 Å². The molecule has 0 saturated carbocycles. The molecule has 4 aromatic rings. The molecule has 0 amide bonds. The Bertz CT molecular complexity index is 1190. The molecule has 1 aromatic carbocycles.